The first-order valence-corrected chi connectivity index (χ1v) is 28.9. The molecule has 0 saturated heterocycles. The molecule has 0 aromatic rings. The van der Waals surface area contributed by atoms with Gasteiger partial charge in [0.25, 0.3) is 0 Å². The SMILES string of the molecule is CCCCC/C=C/C/C=C/CCCCCCCCCC(=O)OC[C@H](COP(=O)(O)OC1C(O)C(O)C(O)[C@@H](O)C1O)OC(=O)CCC/C=C/CC/C=C/CCCCCCCCCCCCCCCC. The highest BCUT2D eigenvalue weighted by Gasteiger charge is 2.51. The molecular formula is C55H99O13P. The lowest BCUT2D eigenvalue weighted by molar-refractivity contribution is -0.220. The average Bonchev–Trinajstić information content (AvgIpc) is 3.33. The molecule has 1 aliphatic carbocycles. The highest BCUT2D eigenvalue weighted by Crippen LogP contribution is 2.47. The molecule has 6 N–H and O–H groups in total. The lowest BCUT2D eigenvalue weighted by Gasteiger charge is -2.41. The van der Waals surface area contributed by atoms with E-state index in [-0.39, 0.29) is 12.8 Å². The molecule has 14 heteroatoms. The zero-order valence-electron chi connectivity index (χ0n) is 43.1. The molecule has 0 aromatic carbocycles. The van der Waals surface area contributed by atoms with Crippen molar-refractivity contribution in [2.45, 2.75) is 275 Å². The highest BCUT2D eigenvalue weighted by molar-refractivity contribution is 7.47. The minimum atomic E-state index is -5.14. The van der Waals surface area contributed by atoms with Gasteiger partial charge in [-0.3, -0.25) is 18.6 Å². The molecule has 1 saturated carbocycles. The molecule has 0 aromatic heterocycles. The van der Waals surface area contributed by atoms with Gasteiger partial charge in [0.15, 0.2) is 6.10 Å². The van der Waals surface area contributed by atoms with Crippen LogP contribution in [-0.2, 0) is 32.7 Å². The van der Waals surface area contributed by atoms with Gasteiger partial charge in [-0.15, -0.1) is 0 Å². The van der Waals surface area contributed by atoms with E-state index in [1.165, 1.54) is 109 Å². The number of esters is 2. The normalized spacial score (nSPS) is 21.2. The number of phosphoric acid groups is 1. The van der Waals surface area contributed by atoms with Gasteiger partial charge in [-0.1, -0.05) is 191 Å². The monoisotopic (exact) mass is 999 g/mol. The summed E-state index contributed by atoms with van der Waals surface area (Å²) in [7, 11) is -5.14. The maximum atomic E-state index is 12.9. The zero-order valence-corrected chi connectivity index (χ0v) is 44.0. The smallest absolute Gasteiger partial charge is 0.462 e. The van der Waals surface area contributed by atoms with Crippen molar-refractivity contribution in [2.24, 2.45) is 0 Å². The van der Waals surface area contributed by atoms with E-state index in [1.807, 2.05) is 6.08 Å². The Morgan fingerprint density at radius 2 is 0.812 bits per heavy atom. The molecule has 402 valence electrons. The third-order valence-electron chi connectivity index (χ3n) is 12.6. The van der Waals surface area contributed by atoms with E-state index in [9.17, 15) is 44.6 Å². The molecule has 6 unspecified atom stereocenters. The van der Waals surface area contributed by atoms with Crippen LogP contribution >= 0.6 is 7.82 Å². The first-order valence-electron chi connectivity index (χ1n) is 27.4. The Kier molecular flexibility index (Phi) is 41.8. The number of ether oxygens (including phenoxy) is 2. The van der Waals surface area contributed by atoms with Gasteiger partial charge in [0.05, 0.1) is 6.61 Å². The van der Waals surface area contributed by atoms with E-state index in [0.29, 0.717) is 19.3 Å². The first-order chi connectivity index (χ1) is 33.4. The van der Waals surface area contributed by atoms with E-state index < -0.39 is 75.7 Å². The number of phosphoric ester groups is 1. The summed E-state index contributed by atoms with van der Waals surface area (Å²) in [6, 6.07) is 0. The Hall–Kier alpha value is -2.19. The maximum Gasteiger partial charge on any atom is 0.472 e. The van der Waals surface area contributed by atoms with Gasteiger partial charge in [-0.2, -0.15) is 0 Å². The van der Waals surface area contributed by atoms with Crippen molar-refractivity contribution in [3.8, 4) is 0 Å². The van der Waals surface area contributed by atoms with Crippen molar-refractivity contribution in [3.63, 3.8) is 0 Å². The summed E-state index contributed by atoms with van der Waals surface area (Å²) in [5.41, 5.74) is 0. The van der Waals surface area contributed by atoms with Crippen LogP contribution in [0.4, 0.5) is 0 Å². The standard InChI is InChI=1S/C55H99O13P/c1-3-5-7-9-11-13-15-17-19-21-22-23-24-25-26-28-30-32-34-36-38-40-42-44-49(57)67-47(46-66-69(63,64)68-55-53(61)51(59)50(58)52(60)54(55)62)45-65-48(56)43-41-39-37-35-33-31-29-27-20-18-16-14-12-10-8-6-4-2/h12,14,18,20,28,30,36,38,47,50-55,58-62H,3-11,13,15-17,19,21-27,29,31-35,37,39-46H2,1-2H3,(H,63,64)/b14-12+,20-18+,30-28+,38-36+/t47-,50?,51-,52?,53?,54?,55?/m1/s1. The highest BCUT2D eigenvalue weighted by atomic mass is 31.2. The van der Waals surface area contributed by atoms with Crippen LogP contribution in [0.1, 0.15) is 232 Å². The minimum Gasteiger partial charge on any atom is -0.462 e. The summed E-state index contributed by atoms with van der Waals surface area (Å²) in [6.07, 6.45) is 41.7. The lowest BCUT2D eigenvalue weighted by Crippen LogP contribution is -2.64. The molecule has 0 radical (unpaired) electrons. The van der Waals surface area contributed by atoms with Crippen LogP contribution in [0, 0.1) is 0 Å². The number of carbonyl (C=O) groups excluding carboxylic acids is 2. The van der Waals surface area contributed by atoms with E-state index in [2.05, 4.69) is 56.4 Å². The Morgan fingerprint density at radius 1 is 0.449 bits per heavy atom. The van der Waals surface area contributed by atoms with Gasteiger partial charge in [-0.25, -0.2) is 4.57 Å². The zero-order chi connectivity index (χ0) is 50.6. The van der Waals surface area contributed by atoms with Crippen molar-refractivity contribution < 1.29 is 63.1 Å². The van der Waals surface area contributed by atoms with Gasteiger partial charge in [0, 0.05) is 12.8 Å². The third-order valence-corrected chi connectivity index (χ3v) is 13.6. The lowest BCUT2D eigenvalue weighted by atomic mass is 9.85. The molecule has 1 rings (SSSR count). The third kappa shape index (κ3) is 36.4. The molecular weight excluding hydrogens is 900 g/mol. The van der Waals surface area contributed by atoms with Crippen LogP contribution in [0.3, 0.4) is 0 Å². The molecule has 8 atom stereocenters. The fraction of sp³-hybridized carbons (Fsp3) is 0.818. The predicted molar refractivity (Wildman–Crippen MR) is 276 cm³/mol. The average molecular weight is 999 g/mol. The summed E-state index contributed by atoms with van der Waals surface area (Å²) in [6.45, 7) is 3.27. The van der Waals surface area contributed by atoms with Crippen LogP contribution in [0.5, 0.6) is 0 Å². The maximum absolute atomic E-state index is 12.9. The van der Waals surface area contributed by atoms with Crippen LogP contribution in [0.15, 0.2) is 48.6 Å². The second-order valence-electron chi connectivity index (χ2n) is 19.1. The fourth-order valence-electron chi connectivity index (χ4n) is 8.22. The van der Waals surface area contributed by atoms with Gasteiger partial charge >= 0.3 is 19.8 Å². The Balaban J connectivity index is 2.39. The Morgan fingerprint density at radius 3 is 1.30 bits per heavy atom. The summed E-state index contributed by atoms with van der Waals surface area (Å²) in [5.74, 6) is -1.15. The predicted octanol–water partition coefficient (Wildman–Crippen LogP) is 12.3. The summed E-state index contributed by atoms with van der Waals surface area (Å²) in [4.78, 5) is 35.9. The molecule has 1 fully saturated rings. The van der Waals surface area contributed by atoms with E-state index >= 15 is 0 Å². The van der Waals surface area contributed by atoms with Crippen LogP contribution < -0.4 is 0 Å². The quantitative estimate of drug-likeness (QED) is 0.0145. The van der Waals surface area contributed by atoms with Crippen LogP contribution in [0.2, 0.25) is 0 Å². The number of hydrogen-bond donors (Lipinski definition) is 6. The van der Waals surface area contributed by atoms with Gasteiger partial charge < -0.3 is 39.9 Å². The van der Waals surface area contributed by atoms with Crippen molar-refractivity contribution in [3.05, 3.63) is 48.6 Å². The van der Waals surface area contributed by atoms with Crippen LogP contribution in [-0.4, -0.2) is 98.3 Å². The second-order valence-corrected chi connectivity index (χ2v) is 20.5. The molecule has 0 heterocycles. The number of unbranched alkanes of at least 4 members (excludes halogenated alkanes) is 26. The summed E-state index contributed by atoms with van der Waals surface area (Å²) < 4.78 is 33.6. The number of hydrogen-bond acceptors (Lipinski definition) is 12. The Bertz CT molecular complexity index is 1390. The van der Waals surface area contributed by atoms with E-state index in [4.69, 9.17) is 18.5 Å². The van der Waals surface area contributed by atoms with Crippen LogP contribution in [0.25, 0.3) is 0 Å². The molecule has 13 nitrogen and oxygen atoms in total. The molecule has 0 bridgehead atoms. The van der Waals surface area contributed by atoms with Crippen molar-refractivity contribution in [1.29, 1.82) is 0 Å². The number of carbonyl (C=O) groups is 2. The van der Waals surface area contributed by atoms with Crippen molar-refractivity contribution in [2.75, 3.05) is 13.2 Å². The van der Waals surface area contributed by atoms with Gasteiger partial charge in [-0.05, 0) is 77.0 Å². The van der Waals surface area contributed by atoms with Crippen molar-refractivity contribution >= 4 is 19.8 Å². The van der Waals surface area contributed by atoms with Gasteiger partial charge in [0.1, 0.15) is 43.2 Å². The largest absolute Gasteiger partial charge is 0.472 e. The van der Waals surface area contributed by atoms with E-state index in [1.54, 1.807) is 0 Å². The molecule has 69 heavy (non-hydrogen) atoms. The molecule has 0 amide bonds. The second kappa shape index (κ2) is 44.5. The molecule has 0 spiro atoms. The molecule has 0 aliphatic heterocycles. The number of aliphatic hydroxyl groups is 5. The van der Waals surface area contributed by atoms with Crippen molar-refractivity contribution in [1.82, 2.24) is 0 Å². The number of allylic oxidation sites excluding steroid dienone is 8. The Labute approximate surface area is 418 Å². The minimum absolute atomic E-state index is 0.0350. The fourth-order valence-corrected chi connectivity index (χ4v) is 9.19. The number of aliphatic hydroxyl groups excluding tert-OH is 5. The topological polar surface area (TPSA) is 210 Å². The summed E-state index contributed by atoms with van der Waals surface area (Å²) >= 11 is 0. The molecule has 1 aliphatic rings. The number of rotatable bonds is 46. The van der Waals surface area contributed by atoms with Gasteiger partial charge in [0.2, 0.25) is 0 Å². The van der Waals surface area contributed by atoms with E-state index in [0.717, 1.165) is 77.0 Å². The first kappa shape index (κ1) is 64.8. The summed E-state index contributed by atoms with van der Waals surface area (Å²) in [5, 5.41) is 50.3.